The molecule has 1 aromatic carbocycles. The number of nitrogens with zero attached hydrogens (tertiary/aromatic N) is 1. The normalized spacial score (nSPS) is 10.2. The van der Waals surface area contributed by atoms with Crippen molar-refractivity contribution in [2.75, 3.05) is 18.9 Å². The second-order valence-electron chi connectivity index (χ2n) is 4.39. The van der Waals surface area contributed by atoms with Gasteiger partial charge in [0.2, 0.25) is 0 Å². The van der Waals surface area contributed by atoms with Crippen molar-refractivity contribution in [3.8, 4) is 0 Å². The lowest BCUT2D eigenvalue weighted by Gasteiger charge is -2.09. The summed E-state index contributed by atoms with van der Waals surface area (Å²) in [4.78, 5) is 16.2. The third-order valence-corrected chi connectivity index (χ3v) is 3.57. The van der Waals surface area contributed by atoms with Crippen molar-refractivity contribution < 1.29 is 4.79 Å². The monoisotopic (exact) mass is 323 g/mol. The summed E-state index contributed by atoms with van der Waals surface area (Å²) in [5.41, 5.74) is 1.46. The summed E-state index contributed by atoms with van der Waals surface area (Å²) in [6.07, 6.45) is 2.27. The molecule has 0 saturated heterocycles. The number of anilines is 1. The van der Waals surface area contributed by atoms with Crippen LogP contribution in [-0.2, 0) is 6.42 Å². The van der Waals surface area contributed by atoms with E-state index in [4.69, 9.17) is 23.2 Å². The number of rotatable bonds is 5. The topological polar surface area (TPSA) is 54.0 Å². The van der Waals surface area contributed by atoms with Gasteiger partial charge in [-0.25, -0.2) is 4.98 Å². The maximum absolute atomic E-state index is 12.1. The van der Waals surface area contributed by atoms with E-state index in [1.807, 2.05) is 6.07 Å². The summed E-state index contributed by atoms with van der Waals surface area (Å²) in [5, 5.41) is 6.95. The second kappa shape index (κ2) is 7.29. The lowest BCUT2D eigenvalue weighted by atomic mass is 10.1. The van der Waals surface area contributed by atoms with E-state index in [0.29, 0.717) is 34.4 Å². The van der Waals surface area contributed by atoms with Crippen LogP contribution in [0.2, 0.25) is 10.0 Å². The van der Waals surface area contributed by atoms with Crippen LogP contribution in [0.3, 0.4) is 0 Å². The quantitative estimate of drug-likeness (QED) is 0.886. The average Bonchev–Trinajstić information content (AvgIpc) is 2.49. The van der Waals surface area contributed by atoms with Crippen LogP contribution in [0.4, 0.5) is 5.82 Å². The van der Waals surface area contributed by atoms with E-state index in [0.717, 1.165) is 5.56 Å². The maximum atomic E-state index is 12.1. The molecule has 0 unspecified atom stereocenters. The lowest BCUT2D eigenvalue weighted by Crippen LogP contribution is -2.26. The number of hydrogen-bond acceptors (Lipinski definition) is 3. The molecule has 21 heavy (non-hydrogen) atoms. The van der Waals surface area contributed by atoms with Crippen LogP contribution in [0.5, 0.6) is 0 Å². The fourth-order valence-corrected chi connectivity index (χ4v) is 2.42. The molecule has 0 spiro atoms. The predicted molar refractivity (Wildman–Crippen MR) is 86.3 cm³/mol. The first-order chi connectivity index (χ1) is 10.1. The van der Waals surface area contributed by atoms with Gasteiger partial charge in [0.05, 0.1) is 5.56 Å². The highest BCUT2D eigenvalue weighted by atomic mass is 35.5. The Morgan fingerprint density at radius 1 is 1.29 bits per heavy atom. The number of carbonyl (C=O) groups is 1. The molecule has 1 amide bonds. The van der Waals surface area contributed by atoms with Gasteiger partial charge in [0.25, 0.3) is 5.91 Å². The van der Waals surface area contributed by atoms with Crippen molar-refractivity contribution in [1.29, 1.82) is 0 Å². The van der Waals surface area contributed by atoms with Crippen LogP contribution in [0.1, 0.15) is 15.9 Å². The number of nitrogens with one attached hydrogen (secondary N) is 2. The first-order valence-corrected chi connectivity index (χ1v) is 7.22. The molecular weight excluding hydrogens is 309 g/mol. The van der Waals surface area contributed by atoms with Crippen LogP contribution >= 0.6 is 23.2 Å². The van der Waals surface area contributed by atoms with Crippen LogP contribution in [0.25, 0.3) is 0 Å². The molecule has 2 rings (SSSR count). The molecule has 0 aliphatic rings. The Morgan fingerprint density at radius 2 is 2.10 bits per heavy atom. The fraction of sp³-hybridized carbons (Fsp3) is 0.200. The highest BCUT2D eigenvalue weighted by Crippen LogP contribution is 2.21. The zero-order valence-corrected chi connectivity index (χ0v) is 13.0. The van der Waals surface area contributed by atoms with E-state index in [2.05, 4.69) is 15.6 Å². The Labute approximate surface area is 133 Å². The van der Waals surface area contributed by atoms with Crippen LogP contribution in [0, 0.1) is 0 Å². The van der Waals surface area contributed by atoms with Gasteiger partial charge >= 0.3 is 0 Å². The minimum Gasteiger partial charge on any atom is -0.372 e. The molecule has 0 saturated carbocycles. The SMILES string of the molecule is CNc1ncccc1C(=O)NCCc1ccc(Cl)cc1Cl. The van der Waals surface area contributed by atoms with E-state index in [-0.39, 0.29) is 5.91 Å². The highest BCUT2D eigenvalue weighted by molar-refractivity contribution is 6.35. The van der Waals surface area contributed by atoms with Gasteiger partial charge in [-0.2, -0.15) is 0 Å². The van der Waals surface area contributed by atoms with E-state index in [1.165, 1.54) is 0 Å². The van der Waals surface area contributed by atoms with Gasteiger partial charge in [0, 0.05) is 29.8 Å². The number of carbonyl (C=O) groups excluding carboxylic acids is 1. The van der Waals surface area contributed by atoms with E-state index < -0.39 is 0 Å². The molecule has 0 aliphatic carbocycles. The first kappa shape index (κ1) is 15.6. The summed E-state index contributed by atoms with van der Waals surface area (Å²) in [7, 11) is 1.73. The number of pyridine rings is 1. The number of hydrogen-bond donors (Lipinski definition) is 2. The molecule has 1 aromatic heterocycles. The zero-order chi connectivity index (χ0) is 15.2. The van der Waals surface area contributed by atoms with Crippen molar-refractivity contribution in [1.82, 2.24) is 10.3 Å². The molecule has 0 bridgehead atoms. The van der Waals surface area contributed by atoms with Crippen LogP contribution in [-0.4, -0.2) is 24.5 Å². The number of halogens is 2. The molecule has 4 nitrogen and oxygen atoms in total. The smallest absolute Gasteiger partial charge is 0.255 e. The van der Waals surface area contributed by atoms with Crippen molar-refractivity contribution >= 4 is 34.9 Å². The van der Waals surface area contributed by atoms with E-state index >= 15 is 0 Å². The van der Waals surface area contributed by atoms with Gasteiger partial charge in [-0.1, -0.05) is 29.3 Å². The Bertz CT molecular complexity index is 647. The minimum atomic E-state index is -0.169. The maximum Gasteiger partial charge on any atom is 0.255 e. The fourth-order valence-electron chi connectivity index (χ4n) is 1.92. The largest absolute Gasteiger partial charge is 0.372 e. The Balaban J connectivity index is 1.95. The third-order valence-electron chi connectivity index (χ3n) is 2.98. The van der Waals surface area contributed by atoms with Gasteiger partial charge in [0.15, 0.2) is 0 Å². The summed E-state index contributed by atoms with van der Waals surface area (Å²) >= 11 is 11.9. The van der Waals surface area contributed by atoms with Crippen LogP contribution in [0.15, 0.2) is 36.5 Å². The molecule has 0 aliphatic heterocycles. The lowest BCUT2D eigenvalue weighted by molar-refractivity contribution is 0.0954. The van der Waals surface area contributed by atoms with Gasteiger partial charge in [-0.15, -0.1) is 0 Å². The standard InChI is InChI=1S/C15H15Cl2N3O/c1-18-14-12(3-2-7-19-14)15(21)20-8-6-10-4-5-11(16)9-13(10)17/h2-5,7,9H,6,8H2,1H3,(H,18,19)(H,20,21). The third kappa shape index (κ3) is 4.09. The van der Waals surface area contributed by atoms with Gasteiger partial charge in [0.1, 0.15) is 5.82 Å². The molecule has 2 N–H and O–H groups in total. The summed E-state index contributed by atoms with van der Waals surface area (Å²) < 4.78 is 0. The Kier molecular flexibility index (Phi) is 5.42. The molecule has 6 heteroatoms. The summed E-state index contributed by atoms with van der Waals surface area (Å²) in [6.45, 7) is 0.484. The second-order valence-corrected chi connectivity index (χ2v) is 5.23. The van der Waals surface area contributed by atoms with Crippen LogP contribution < -0.4 is 10.6 Å². The predicted octanol–water partition coefficient (Wildman–Crippen LogP) is 3.40. The number of amides is 1. The molecule has 0 fully saturated rings. The molecule has 1 heterocycles. The Morgan fingerprint density at radius 3 is 2.81 bits per heavy atom. The van der Waals surface area contributed by atoms with Gasteiger partial charge in [-0.05, 0) is 36.2 Å². The van der Waals surface area contributed by atoms with E-state index in [9.17, 15) is 4.79 Å². The van der Waals surface area contributed by atoms with Crippen molar-refractivity contribution in [3.63, 3.8) is 0 Å². The van der Waals surface area contributed by atoms with E-state index in [1.54, 1.807) is 37.5 Å². The number of benzene rings is 1. The number of aromatic nitrogens is 1. The van der Waals surface area contributed by atoms with Gasteiger partial charge in [-0.3, -0.25) is 4.79 Å². The van der Waals surface area contributed by atoms with Gasteiger partial charge < -0.3 is 10.6 Å². The summed E-state index contributed by atoms with van der Waals surface area (Å²) in [6, 6.07) is 8.79. The Hall–Kier alpha value is -1.78. The minimum absolute atomic E-state index is 0.169. The molecule has 0 radical (unpaired) electrons. The molecule has 110 valence electrons. The summed E-state index contributed by atoms with van der Waals surface area (Å²) in [5.74, 6) is 0.386. The highest BCUT2D eigenvalue weighted by Gasteiger charge is 2.10. The molecular formula is C15H15Cl2N3O. The zero-order valence-electron chi connectivity index (χ0n) is 11.5. The molecule has 2 aromatic rings. The average molecular weight is 324 g/mol. The first-order valence-electron chi connectivity index (χ1n) is 6.46. The van der Waals surface area contributed by atoms with Crippen molar-refractivity contribution in [3.05, 3.63) is 57.7 Å². The van der Waals surface area contributed by atoms with Crippen molar-refractivity contribution in [2.45, 2.75) is 6.42 Å². The molecule has 0 atom stereocenters. The van der Waals surface area contributed by atoms with Crippen molar-refractivity contribution in [2.24, 2.45) is 0 Å².